The van der Waals surface area contributed by atoms with E-state index in [9.17, 15) is 0 Å². The van der Waals surface area contributed by atoms with Crippen LogP contribution in [-0.4, -0.2) is 16.5 Å². The van der Waals surface area contributed by atoms with Gasteiger partial charge in [-0.2, -0.15) is 0 Å². The summed E-state index contributed by atoms with van der Waals surface area (Å²) in [5.74, 6) is 6.58. The monoisotopic (exact) mass is 175 g/mol. The zero-order valence-corrected chi connectivity index (χ0v) is 7.28. The van der Waals surface area contributed by atoms with Gasteiger partial charge >= 0.3 is 0 Å². The van der Waals surface area contributed by atoms with Crippen LogP contribution >= 0.6 is 0 Å². The minimum absolute atomic E-state index is 0.413. The number of hydrogen-bond acceptors (Lipinski definition) is 2. The smallest absolute Gasteiger partial charge is 0.109 e. The summed E-state index contributed by atoms with van der Waals surface area (Å²) >= 11 is 0. The maximum absolute atomic E-state index is 7.98. The van der Waals surface area contributed by atoms with E-state index in [0.29, 0.717) is 13.0 Å². The highest BCUT2D eigenvalue weighted by molar-refractivity contribution is 5.25. The van der Waals surface area contributed by atoms with Gasteiger partial charge in [0.1, 0.15) is 11.5 Å². The first kappa shape index (κ1) is 9.17. The third kappa shape index (κ3) is 3.32. The van der Waals surface area contributed by atoms with Gasteiger partial charge in [0.25, 0.3) is 0 Å². The number of nitrogens with zero attached hydrogens (tertiary/aromatic N) is 4. The summed E-state index contributed by atoms with van der Waals surface area (Å²) in [7, 11) is 0. The van der Waals surface area contributed by atoms with Crippen LogP contribution in [0.1, 0.15) is 17.9 Å². The van der Waals surface area contributed by atoms with Crippen LogP contribution in [0, 0.1) is 18.8 Å². The molecule has 0 atom stereocenters. The van der Waals surface area contributed by atoms with E-state index in [1.807, 2.05) is 6.92 Å². The van der Waals surface area contributed by atoms with Crippen LogP contribution in [-0.2, 0) is 0 Å². The van der Waals surface area contributed by atoms with Crippen LogP contribution in [0.3, 0.4) is 0 Å². The lowest BCUT2D eigenvalue weighted by Crippen LogP contribution is -1.76. The summed E-state index contributed by atoms with van der Waals surface area (Å²) in [5, 5.41) is 3.36. The Kier molecular flexibility index (Phi) is 3.43. The van der Waals surface area contributed by atoms with Crippen molar-refractivity contribution in [3.8, 4) is 11.8 Å². The Morgan fingerprint density at radius 2 is 2.62 bits per heavy atom. The number of azide groups is 1. The maximum Gasteiger partial charge on any atom is 0.109 e. The average Bonchev–Trinajstić information content (AvgIpc) is 2.51. The van der Waals surface area contributed by atoms with Crippen molar-refractivity contribution in [3.63, 3.8) is 0 Å². The van der Waals surface area contributed by atoms with E-state index in [-0.39, 0.29) is 0 Å². The summed E-state index contributed by atoms with van der Waals surface area (Å²) in [5.41, 5.74) is 8.77. The average molecular weight is 175 g/mol. The number of aryl methyl sites for hydroxylation is 1. The molecule has 0 aliphatic carbocycles. The molecule has 1 rings (SSSR count). The maximum atomic E-state index is 7.98. The summed E-state index contributed by atoms with van der Waals surface area (Å²) in [4.78, 5) is 9.59. The van der Waals surface area contributed by atoms with Crippen molar-refractivity contribution in [3.05, 3.63) is 28.2 Å². The molecule has 0 aliphatic heterocycles. The minimum Gasteiger partial charge on any atom is -0.336 e. The summed E-state index contributed by atoms with van der Waals surface area (Å²) in [6, 6.07) is 0. The molecule has 1 heterocycles. The fourth-order valence-electron chi connectivity index (χ4n) is 0.793. The highest BCUT2D eigenvalue weighted by atomic mass is 15.1. The Balaban J connectivity index is 2.43. The molecule has 0 spiro atoms. The fourth-order valence-corrected chi connectivity index (χ4v) is 0.793. The molecule has 66 valence electrons. The number of imidazole rings is 1. The van der Waals surface area contributed by atoms with Crippen molar-refractivity contribution in [2.24, 2.45) is 5.11 Å². The van der Waals surface area contributed by atoms with Gasteiger partial charge in [-0.3, -0.25) is 0 Å². The molecule has 0 unspecified atom stereocenters. The molecular formula is C8H9N5. The second-order valence-corrected chi connectivity index (χ2v) is 2.39. The summed E-state index contributed by atoms with van der Waals surface area (Å²) in [6.45, 7) is 2.28. The standard InChI is InChI=1S/C8H9N5/c1-7-10-6-8(12-7)4-2-3-5-11-13-9/h6H,3,5H2,1H3,(H,10,12). The van der Waals surface area contributed by atoms with Crippen LogP contribution in [0.4, 0.5) is 0 Å². The minimum atomic E-state index is 0.413. The van der Waals surface area contributed by atoms with Gasteiger partial charge in [0.15, 0.2) is 0 Å². The Bertz CT molecular complexity index is 375. The van der Waals surface area contributed by atoms with E-state index in [2.05, 4.69) is 31.8 Å². The second kappa shape index (κ2) is 4.86. The first-order chi connectivity index (χ1) is 6.33. The highest BCUT2D eigenvalue weighted by Gasteiger charge is 1.88. The van der Waals surface area contributed by atoms with Gasteiger partial charge in [-0.05, 0) is 18.4 Å². The topological polar surface area (TPSA) is 77.4 Å². The second-order valence-electron chi connectivity index (χ2n) is 2.39. The Labute approximate surface area is 75.8 Å². The molecule has 1 aromatic rings. The molecule has 1 N–H and O–H groups in total. The van der Waals surface area contributed by atoms with Crippen LogP contribution in [0.5, 0.6) is 0 Å². The molecular weight excluding hydrogens is 166 g/mol. The van der Waals surface area contributed by atoms with Gasteiger partial charge in [0.05, 0.1) is 6.20 Å². The molecule has 1 aromatic heterocycles. The molecule has 0 radical (unpaired) electrons. The zero-order chi connectivity index (χ0) is 9.52. The summed E-state index contributed by atoms with van der Waals surface area (Å²) in [6.07, 6.45) is 2.25. The Morgan fingerprint density at radius 1 is 1.77 bits per heavy atom. The van der Waals surface area contributed by atoms with Crippen molar-refractivity contribution in [1.29, 1.82) is 0 Å². The van der Waals surface area contributed by atoms with Crippen molar-refractivity contribution in [2.45, 2.75) is 13.3 Å². The summed E-state index contributed by atoms with van der Waals surface area (Å²) < 4.78 is 0. The van der Waals surface area contributed by atoms with Gasteiger partial charge in [-0.1, -0.05) is 11.0 Å². The molecule has 5 nitrogen and oxygen atoms in total. The molecule has 0 amide bonds. The van der Waals surface area contributed by atoms with E-state index in [4.69, 9.17) is 5.53 Å². The van der Waals surface area contributed by atoms with Crippen LogP contribution in [0.25, 0.3) is 10.4 Å². The zero-order valence-electron chi connectivity index (χ0n) is 7.28. The lowest BCUT2D eigenvalue weighted by molar-refractivity contribution is 1.01. The fraction of sp³-hybridized carbons (Fsp3) is 0.375. The van der Waals surface area contributed by atoms with Gasteiger partial charge in [0.2, 0.25) is 0 Å². The number of aromatic amines is 1. The first-order valence-corrected chi connectivity index (χ1v) is 3.84. The molecule has 0 saturated heterocycles. The van der Waals surface area contributed by atoms with E-state index >= 15 is 0 Å². The quantitative estimate of drug-likeness (QED) is 0.240. The molecule has 5 heteroatoms. The lowest BCUT2D eigenvalue weighted by atomic mass is 10.4. The van der Waals surface area contributed by atoms with Crippen molar-refractivity contribution < 1.29 is 0 Å². The Morgan fingerprint density at radius 3 is 3.23 bits per heavy atom. The van der Waals surface area contributed by atoms with Gasteiger partial charge in [0, 0.05) is 17.9 Å². The Hall–Kier alpha value is -1.92. The van der Waals surface area contributed by atoms with E-state index in [1.165, 1.54) is 0 Å². The highest BCUT2D eigenvalue weighted by Crippen LogP contribution is 1.92. The van der Waals surface area contributed by atoms with Crippen LogP contribution < -0.4 is 0 Å². The van der Waals surface area contributed by atoms with Crippen molar-refractivity contribution in [1.82, 2.24) is 9.97 Å². The third-order valence-corrected chi connectivity index (χ3v) is 1.33. The normalized spacial score (nSPS) is 8.38. The SMILES string of the molecule is Cc1ncc(C#CCCN=[N+]=[N-])[nH]1. The largest absolute Gasteiger partial charge is 0.336 e. The number of nitrogens with one attached hydrogen (secondary N) is 1. The van der Waals surface area contributed by atoms with Gasteiger partial charge in [-0.25, -0.2) is 4.98 Å². The molecule has 0 aliphatic rings. The third-order valence-electron chi connectivity index (χ3n) is 1.33. The molecule has 0 saturated carbocycles. The first-order valence-electron chi connectivity index (χ1n) is 3.84. The number of rotatable bonds is 2. The van der Waals surface area contributed by atoms with E-state index in [1.54, 1.807) is 6.20 Å². The van der Waals surface area contributed by atoms with E-state index in [0.717, 1.165) is 11.5 Å². The predicted octanol–water partition coefficient (Wildman–Crippen LogP) is 1.77. The lowest BCUT2D eigenvalue weighted by Gasteiger charge is -1.79. The number of H-pyrrole nitrogens is 1. The van der Waals surface area contributed by atoms with Crippen LogP contribution in [0.15, 0.2) is 11.3 Å². The number of aromatic nitrogens is 2. The van der Waals surface area contributed by atoms with E-state index < -0.39 is 0 Å². The molecule has 13 heavy (non-hydrogen) atoms. The van der Waals surface area contributed by atoms with Gasteiger partial charge in [-0.15, -0.1) is 0 Å². The molecule has 0 bridgehead atoms. The van der Waals surface area contributed by atoms with Gasteiger partial charge < -0.3 is 4.98 Å². The van der Waals surface area contributed by atoms with Crippen molar-refractivity contribution >= 4 is 0 Å². The number of hydrogen-bond donors (Lipinski definition) is 1. The molecule has 0 fully saturated rings. The molecule has 0 aromatic carbocycles. The predicted molar refractivity (Wildman–Crippen MR) is 48.8 cm³/mol. The van der Waals surface area contributed by atoms with Crippen LogP contribution in [0.2, 0.25) is 0 Å². The van der Waals surface area contributed by atoms with Crippen molar-refractivity contribution in [2.75, 3.05) is 6.54 Å².